The number of nitrogens with one attached hydrogen (secondary N) is 1. The molecule has 2 aromatic rings. The van der Waals surface area contributed by atoms with Crippen molar-refractivity contribution in [1.29, 1.82) is 0 Å². The Hall–Kier alpha value is -2.37. The monoisotopic (exact) mass is 246 g/mol. The second-order valence-electron chi connectivity index (χ2n) is 3.93. The highest BCUT2D eigenvalue weighted by molar-refractivity contribution is 5.62. The number of aromatic nitrogens is 3. The number of pyridine rings is 1. The molecule has 2 heterocycles. The predicted octanol–water partition coefficient (Wildman–Crippen LogP) is 0.742. The van der Waals surface area contributed by atoms with E-state index in [4.69, 9.17) is 0 Å². The molecule has 18 heavy (non-hydrogen) atoms. The van der Waals surface area contributed by atoms with E-state index < -0.39 is 0 Å². The first-order valence-electron chi connectivity index (χ1n) is 5.48. The van der Waals surface area contributed by atoms with Crippen molar-refractivity contribution in [3.63, 3.8) is 0 Å². The lowest BCUT2D eigenvalue weighted by Gasteiger charge is -2.06. The van der Waals surface area contributed by atoms with Crippen molar-refractivity contribution in [1.82, 2.24) is 20.1 Å². The maximum absolute atomic E-state index is 10.4. The van der Waals surface area contributed by atoms with Gasteiger partial charge in [0.25, 0.3) is 0 Å². The molecular weight excluding hydrogens is 232 g/mol. The Kier molecular flexibility index (Phi) is 3.27. The molecule has 0 radical (unpaired) electrons. The normalized spacial score (nSPS) is 10.3. The first kappa shape index (κ1) is 12.1. The summed E-state index contributed by atoms with van der Waals surface area (Å²) in [5.41, 5.74) is 2.99. The van der Waals surface area contributed by atoms with Gasteiger partial charge in [-0.2, -0.15) is 5.10 Å². The molecule has 0 bridgehead atoms. The smallest absolute Gasteiger partial charge is 0.207 e. The fourth-order valence-electron chi connectivity index (χ4n) is 1.73. The predicted molar refractivity (Wildman–Crippen MR) is 65.7 cm³/mol. The van der Waals surface area contributed by atoms with Gasteiger partial charge in [0.1, 0.15) is 5.75 Å². The summed E-state index contributed by atoms with van der Waals surface area (Å²) in [4.78, 5) is 14.7. The fraction of sp³-hybridized carbons (Fsp3) is 0.250. The average Bonchev–Trinajstić information content (AvgIpc) is 2.72. The summed E-state index contributed by atoms with van der Waals surface area (Å²) in [6.45, 7) is 2.12. The van der Waals surface area contributed by atoms with Crippen molar-refractivity contribution in [3.8, 4) is 17.0 Å². The highest BCUT2D eigenvalue weighted by Gasteiger charge is 2.12. The van der Waals surface area contributed by atoms with Crippen LogP contribution in [0, 0.1) is 6.92 Å². The third kappa shape index (κ3) is 2.17. The Labute approximate surface area is 104 Å². The molecule has 0 aromatic carbocycles. The Morgan fingerprint density at radius 1 is 1.50 bits per heavy atom. The lowest BCUT2D eigenvalue weighted by Crippen LogP contribution is -2.14. The van der Waals surface area contributed by atoms with Crippen molar-refractivity contribution < 1.29 is 9.90 Å². The van der Waals surface area contributed by atoms with E-state index in [0.29, 0.717) is 18.6 Å². The molecule has 0 spiro atoms. The van der Waals surface area contributed by atoms with Crippen LogP contribution in [0.3, 0.4) is 0 Å². The molecular formula is C12H14N4O2. The van der Waals surface area contributed by atoms with Gasteiger partial charge in [-0.3, -0.25) is 9.48 Å². The van der Waals surface area contributed by atoms with Gasteiger partial charge in [-0.25, -0.2) is 4.98 Å². The molecule has 6 heteroatoms. The van der Waals surface area contributed by atoms with Crippen LogP contribution in [0.1, 0.15) is 11.4 Å². The summed E-state index contributed by atoms with van der Waals surface area (Å²) in [6.07, 6.45) is 2.34. The molecule has 2 aromatic heterocycles. The molecule has 2 rings (SSSR count). The molecule has 0 aliphatic rings. The Balaban J connectivity index is 2.43. The molecule has 0 saturated heterocycles. The second-order valence-corrected chi connectivity index (χ2v) is 3.93. The third-order valence-corrected chi connectivity index (χ3v) is 2.75. The number of aromatic hydroxyl groups is 1. The van der Waals surface area contributed by atoms with Crippen LogP contribution < -0.4 is 5.32 Å². The van der Waals surface area contributed by atoms with E-state index in [1.54, 1.807) is 37.0 Å². The van der Waals surface area contributed by atoms with Crippen LogP contribution in [-0.2, 0) is 18.4 Å². The second kappa shape index (κ2) is 4.87. The molecule has 0 fully saturated rings. The molecule has 94 valence electrons. The number of hydrogen-bond donors (Lipinski definition) is 2. The number of amides is 1. The van der Waals surface area contributed by atoms with Gasteiger partial charge >= 0.3 is 0 Å². The summed E-state index contributed by atoms with van der Waals surface area (Å²) >= 11 is 0. The van der Waals surface area contributed by atoms with E-state index in [1.807, 2.05) is 0 Å². The highest BCUT2D eigenvalue weighted by Crippen LogP contribution is 2.24. The molecule has 0 saturated carbocycles. The van der Waals surface area contributed by atoms with Crippen molar-refractivity contribution in [3.05, 3.63) is 29.7 Å². The molecule has 6 nitrogen and oxygen atoms in total. The topological polar surface area (TPSA) is 80.0 Å². The van der Waals surface area contributed by atoms with Gasteiger partial charge in [0, 0.05) is 12.6 Å². The molecule has 0 aliphatic carbocycles. The number of carbonyl (C=O) groups is 1. The van der Waals surface area contributed by atoms with Crippen molar-refractivity contribution in [2.75, 3.05) is 0 Å². The molecule has 0 aliphatic heterocycles. The fourth-order valence-corrected chi connectivity index (χ4v) is 1.73. The van der Waals surface area contributed by atoms with Crippen LogP contribution in [0.4, 0.5) is 0 Å². The SMILES string of the molecule is Cc1nc(-c2cnn(C)c2CNC=O)ccc1O. The number of hydrogen-bond acceptors (Lipinski definition) is 4. The summed E-state index contributed by atoms with van der Waals surface area (Å²) in [6, 6.07) is 3.32. The van der Waals surface area contributed by atoms with Crippen LogP contribution in [0.5, 0.6) is 5.75 Å². The van der Waals surface area contributed by atoms with Gasteiger partial charge in [0.15, 0.2) is 0 Å². The van der Waals surface area contributed by atoms with E-state index >= 15 is 0 Å². The lowest BCUT2D eigenvalue weighted by atomic mass is 10.1. The average molecular weight is 246 g/mol. The van der Waals surface area contributed by atoms with Crippen LogP contribution in [0.25, 0.3) is 11.3 Å². The van der Waals surface area contributed by atoms with Crippen molar-refractivity contribution in [2.45, 2.75) is 13.5 Å². The van der Waals surface area contributed by atoms with Crippen molar-refractivity contribution >= 4 is 6.41 Å². The zero-order chi connectivity index (χ0) is 13.1. The Morgan fingerprint density at radius 2 is 2.28 bits per heavy atom. The maximum atomic E-state index is 10.4. The highest BCUT2D eigenvalue weighted by atomic mass is 16.3. The third-order valence-electron chi connectivity index (χ3n) is 2.75. The van der Waals surface area contributed by atoms with Crippen LogP contribution in [0.2, 0.25) is 0 Å². The Morgan fingerprint density at radius 3 is 2.94 bits per heavy atom. The quantitative estimate of drug-likeness (QED) is 0.780. The number of rotatable bonds is 4. The van der Waals surface area contributed by atoms with E-state index in [2.05, 4.69) is 15.4 Å². The minimum absolute atomic E-state index is 0.162. The molecule has 0 atom stereocenters. The lowest BCUT2D eigenvalue weighted by molar-refractivity contribution is -0.109. The first-order valence-corrected chi connectivity index (χ1v) is 5.48. The van der Waals surface area contributed by atoms with Crippen LogP contribution in [0.15, 0.2) is 18.3 Å². The van der Waals surface area contributed by atoms with E-state index in [0.717, 1.165) is 17.0 Å². The number of aryl methyl sites for hydroxylation is 2. The van der Waals surface area contributed by atoms with Gasteiger partial charge in [-0.1, -0.05) is 0 Å². The standard InChI is InChI=1S/C12H14N4O2/c1-8-12(18)4-3-10(15-8)9-5-14-16(2)11(9)6-13-7-17/h3-5,7,18H,6H2,1-2H3,(H,13,17). The van der Waals surface area contributed by atoms with Crippen LogP contribution >= 0.6 is 0 Å². The van der Waals surface area contributed by atoms with Gasteiger partial charge in [-0.05, 0) is 19.1 Å². The maximum Gasteiger partial charge on any atom is 0.207 e. The minimum Gasteiger partial charge on any atom is -0.506 e. The molecule has 2 N–H and O–H groups in total. The van der Waals surface area contributed by atoms with Gasteiger partial charge < -0.3 is 10.4 Å². The zero-order valence-electron chi connectivity index (χ0n) is 10.2. The number of nitrogens with zero attached hydrogens (tertiary/aromatic N) is 3. The summed E-state index contributed by atoms with van der Waals surface area (Å²) in [5.74, 6) is 0.162. The number of carbonyl (C=O) groups excluding carboxylic acids is 1. The molecule has 1 amide bonds. The van der Waals surface area contributed by atoms with E-state index in [9.17, 15) is 9.90 Å². The Bertz CT molecular complexity index is 577. The molecule has 0 unspecified atom stereocenters. The largest absolute Gasteiger partial charge is 0.506 e. The first-order chi connectivity index (χ1) is 8.63. The van der Waals surface area contributed by atoms with E-state index in [1.165, 1.54) is 0 Å². The van der Waals surface area contributed by atoms with Crippen molar-refractivity contribution in [2.24, 2.45) is 7.05 Å². The zero-order valence-corrected chi connectivity index (χ0v) is 10.2. The summed E-state index contributed by atoms with van der Waals surface area (Å²) in [7, 11) is 1.80. The van der Waals surface area contributed by atoms with E-state index in [-0.39, 0.29) is 5.75 Å². The van der Waals surface area contributed by atoms with Gasteiger partial charge in [0.05, 0.1) is 29.8 Å². The van der Waals surface area contributed by atoms with Crippen LogP contribution in [-0.4, -0.2) is 26.3 Å². The summed E-state index contributed by atoms with van der Waals surface area (Å²) in [5, 5.41) is 16.2. The van der Waals surface area contributed by atoms with Gasteiger partial charge in [-0.15, -0.1) is 0 Å². The summed E-state index contributed by atoms with van der Waals surface area (Å²) < 4.78 is 1.69. The van der Waals surface area contributed by atoms with Gasteiger partial charge in [0.2, 0.25) is 6.41 Å². The minimum atomic E-state index is 0.162.